The highest BCUT2D eigenvalue weighted by atomic mass is 16.5. The average Bonchev–Trinajstić information content (AvgIpc) is 3.10. The molecule has 0 radical (unpaired) electrons. The zero-order chi connectivity index (χ0) is 18.7. The molecule has 0 bridgehead atoms. The Balaban J connectivity index is 1.73. The van der Waals surface area contributed by atoms with Crippen molar-refractivity contribution in [3.63, 3.8) is 0 Å². The number of carbonyl (C=O) groups excluding carboxylic acids is 3. The summed E-state index contributed by atoms with van der Waals surface area (Å²) in [6.07, 6.45) is 0.115. The number of amides is 2. The fourth-order valence-electron chi connectivity index (χ4n) is 2.37. The molecule has 2 amide bonds. The Bertz CT molecular complexity index is 995. The Kier molecular flexibility index (Phi) is 4.66. The van der Waals surface area contributed by atoms with Crippen LogP contribution < -0.4 is 11.1 Å². The number of nitrogens with one attached hydrogen (secondary N) is 1. The first-order valence-corrected chi connectivity index (χ1v) is 7.70. The standard InChI is InChI=1S/C18H15N3O5/c1-10(17(23)21-13-7-3-2-5-11(13)16(19)22)26-18(24)12-6-4-8-14-15(12)20-9-25-14/h2-10H,1H3,(H2,19,22)(H,21,23). The first-order chi connectivity index (χ1) is 12.5. The minimum absolute atomic E-state index is 0.159. The number of nitrogens with two attached hydrogens (primary N) is 1. The molecule has 0 aliphatic rings. The molecule has 1 atom stereocenters. The maximum atomic E-state index is 12.3. The molecule has 0 saturated heterocycles. The topological polar surface area (TPSA) is 125 Å². The van der Waals surface area contributed by atoms with Crippen molar-refractivity contribution in [2.24, 2.45) is 5.73 Å². The van der Waals surface area contributed by atoms with Crippen LogP contribution >= 0.6 is 0 Å². The smallest absolute Gasteiger partial charge is 0.341 e. The number of esters is 1. The monoisotopic (exact) mass is 353 g/mol. The van der Waals surface area contributed by atoms with Crippen LogP contribution in [0.4, 0.5) is 5.69 Å². The van der Waals surface area contributed by atoms with E-state index in [-0.39, 0.29) is 16.8 Å². The van der Waals surface area contributed by atoms with E-state index in [0.29, 0.717) is 11.1 Å². The number of ether oxygens (including phenoxy) is 1. The number of nitrogens with zero attached hydrogens (tertiary/aromatic N) is 1. The van der Waals surface area contributed by atoms with E-state index in [0.717, 1.165) is 0 Å². The van der Waals surface area contributed by atoms with Crippen molar-refractivity contribution >= 4 is 34.6 Å². The maximum Gasteiger partial charge on any atom is 0.341 e. The van der Waals surface area contributed by atoms with E-state index in [4.69, 9.17) is 14.9 Å². The van der Waals surface area contributed by atoms with Gasteiger partial charge in [0.25, 0.3) is 11.8 Å². The third-order valence-corrected chi connectivity index (χ3v) is 3.68. The number of primary amides is 1. The van der Waals surface area contributed by atoms with Crippen molar-refractivity contribution < 1.29 is 23.5 Å². The van der Waals surface area contributed by atoms with Crippen molar-refractivity contribution in [2.75, 3.05) is 5.32 Å². The van der Waals surface area contributed by atoms with Crippen LogP contribution in [-0.4, -0.2) is 28.9 Å². The van der Waals surface area contributed by atoms with Crippen LogP contribution in [0.2, 0.25) is 0 Å². The van der Waals surface area contributed by atoms with Crippen LogP contribution in [0.5, 0.6) is 0 Å². The Morgan fingerprint density at radius 1 is 1.12 bits per heavy atom. The molecule has 1 unspecified atom stereocenters. The minimum Gasteiger partial charge on any atom is -0.449 e. The van der Waals surface area contributed by atoms with Crippen LogP contribution in [0, 0.1) is 0 Å². The summed E-state index contributed by atoms with van der Waals surface area (Å²) in [6, 6.07) is 11.1. The molecular weight excluding hydrogens is 338 g/mol. The lowest BCUT2D eigenvalue weighted by molar-refractivity contribution is -0.123. The summed E-state index contributed by atoms with van der Waals surface area (Å²) in [5.41, 5.74) is 6.65. The molecule has 2 aromatic carbocycles. The molecule has 132 valence electrons. The van der Waals surface area contributed by atoms with E-state index >= 15 is 0 Å². The highest BCUT2D eigenvalue weighted by Crippen LogP contribution is 2.19. The molecule has 8 heteroatoms. The third kappa shape index (κ3) is 3.39. The lowest BCUT2D eigenvalue weighted by Gasteiger charge is -2.15. The fourth-order valence-corrected chi connectivity index (χ4v) is 2.37. The van der Waals surface area contributed by atoms with Crippen LogP contribution in [-0.2, 0) is 9.53 Å². The molecule has 3 aromatic rings. The van der Waals surface area contributed by atoms with E-state index in [2.05, 4.69) is 10.3 Å². The Labute approximate surface area is 147 Å². The largest absolute Gasteiger partial charge is 0.449 e. The van der Waals surface area contributed by atoms with Crippen molar-refractivity contribution in [1.29, 1.82) is 0 Å². The summed E-state index contributed by atoms with van der Waals surface area (Å²) in [5.74, 6) is -1.99. The van der Waals surface area contributed by atoms with E-state index in [1.54, 1.807) is 24.3 Å². The fraction of sp³-hybridized carbons (Fsp3) is 0.111. The number of hydrogen-bond donors (Lipinski definition) is 2. The summed E-state index contributed by atoms with van der Waals surface area (Å²) < 4.78 is 10.3. The van der Waals surface area contributed by atoms with Gasteiger partial charge in [0.15, 0.2) is 18.1 Å². The molecule has 3 N–H and O–H groups in total. The number of fused-ring (bicyclic) bond motifs is 1. The number of carbonyl (C=O) groups is 3. The molecule has 1 heterocycles. The zero-order valence-corrected chi connectivity index (χ0v) is 13.8. The van der Waals surface area contributed by atoms with Crippen molar-refractivity contribution in [2.45, 2.75) is 13.0 Å². The van der Waals surface area contributed by atoms with Crippen LogP contribution in [0.3, 0.4) is 0 Å². The van der Waals surface area contributed by atoms with Crippen molar-refractivity contribution in [3.8, 4) is 0 Å². The van der Waals surface area contributed by atoms with Gasteiger partial charge in [0, 0.05) is 0 Å². The van der Waals surface area contributed by atoms with Gasteiger partial charge in [-0.2, -0.15) is 0 Å². The quantitative estimate of drug-likeness (QED) is 0.677. The third-order valence-electron chi connectivity index (χ3n) is 3.68. The summed E-state index contributed by atoms with van der Waals surface area (Å²) in [5, 5.41) is 2.53. The first kappa shape index (κ1) is 17.2. The Morgan fingerprint density at radius 3 is 2.62 bits per heavy atom. The van der Waals surface area contributed by atoms with Gasteiger partial charge in [0.1, 0.15) is 5.52 Å². The highest BCUT2D eigenvalue weighted by Gasteiger charge is 2.22. The predicted molar refractivity (Wildman–Crippen MR) is 92.5 cm³/mol. The van der Waals surface area contributed by atoms with Gasteiger partial charge in [-0.3, -0.25) is 9.59 Å². The number of hydrogen-bond acceptors (Lipinski definition) is 6. The number of aromatic nitrogens is 1. The summed E-state index contributed by atoms with van der Waals surface area (Å²) >= 11 is 0. The molecule has 0 aliphatic carbocycles. The van der Waals surface area contributed by atoms with E-state index in [9.17, 15) is 14.4 Å². The summed E-state index contributed by atoms with van der Waals surface area (Å²) in [4.78, 5) is 40.0. The number of para-hydroxylation sites is 2. The predicted octanol–water partition coefficient (Wildman–Crippen LogP) is 2.11. The molecule has 1 aromatic heterocycles. The normalized spacial score (nSPS) is 11.7. The molecule has 26 heavy (non-hydrogen) atoms. The molecule has 0 fully saturated rings. The second kappa shape index (κ2) is 7.06. The SMILES string of the molecule is CC(OC(=O)c1cccc2ocnc12)C(=O)Nc1ccccc1C(N)=O. The lowest BCUT2D eigenvalue weighted by Crippen LogP contribution is -2.31. The molecule has 0 saturated carbocycles. The highest BCUT2D eigenvalue weighted by molar-refractivity contribution is 6.05. The molecule has 8 nitrogen and oxygen atoms in total. The van der Waals surface area contributed by atoms with Gasteiger partial charge in [0.05, 0.1) is 16.8 Å². The molecule has 0 aliphatic heterocycles. The Morgan fingerprint density at radius 2 is 1.85 bits per heavy atom. The number of benzene rings is 2. The molecule has 3 rings (SSSR count). The molecule has 0 spiro atoms. The summed E-state index contributed by atoms with van der Waals surface area (Å²) in [6.45, 7) is 1.42. The van der Waals surface area contributed by atoms with Gasteiger partial charge >= 0.3 is 5.97 Å². The van der Waals surface area contributed by atoms with E-state index in [1.165, 1.54) is 31.5 Å². The van der Waals surface area contributed by atoms with Crippen LogP contribution in [0.25, 0.3) is 11.1 Å². The second-order valence-corrected chi connectivity index (χ2v) is 5.45. The van der Waals surface area contributed by atoms with Gasteiger partial charge in [-0.25, -0.2) is 9.78 Å². The number of rotatable bonds is 5. The second-order valence-electron chi connectivity index (χ2n) is 5.45. The average molecular weight is 353 g/mol. The van der Waals surface area contributed by atoms with Gasteiger partial charge in [0.2, 0.25) is 0 Å². The van der Waals surface area contributed by atoms with Crippen molar-refractivity contribution in [1.82, 2.24) is 4.98 Å². The maximum absolute atomic E-state index is 12.3. The first-order valence-electron chi connectivity index (χ1n) is 7.70. The Hall–Kier alpha value is -3.68. The van der Waals surface area contributed by atoms with Gasteiger partial charge in [-0.15, -0.1) is 0 Å². The van der Waals surface area contributed by atoms with Gasteiger partial charge in [-0.05, 0) is 31.2 Å². The van der Waals surface area contributed by atoms with E-state index < -0.39 is 23.9 Å². The van der Waals surface area contributed by atoms with Crippen LogP contribution in [0.15, 0.2) is 53.3 Å². The summed E-state index contributed by atoms with van der Waals surface area (Å²) in [7, 11) is 0. The molecular formula is C18H15N3O5. The van der Waals surface area contributed by atoms with E-state index in [1.807, 2.05) is 0 Å². The lowest BCUT2D eigenvalue weighted by atomic mass is 10.1. The minimum atomic E-state index is -1.11. The van der Waals surface area contributed by atoms with Gasteiger partial charge < -0.3 is 20.2 Å². The van der Waals surface area contributed by atoms with Crippen molar-refractivity contribution in [3.05, 3.63) is 60.0 Å². The number of oxazole rings is 1. The van der Waals surface area contributed by atoms with Gasteiger partial charge in [-0.1, -0.05) is 18.2 Å². The van der Waals surface area contributed by atoms with Crippen LogP contribution in [0.1, 0.15) is 27.6 Å². The zero-order valence-electron chi connectivity index (χ0n) is 13.8. The number of anilines is 1.